The number of fused-ring (bicyclic) bond motifs is 1. The van der Waals surface area contributed by atoms with E-state index in [1.54, 1.807) is 11.3 Å². The van der Waals surface area contributed by atoms with Gasteiger partial charge in [0.25, 0.3) is 0 Å². The highest BCUT2D eigenvalue weighted by molar-refractivity contribution is 7.08. The monoisotopic (exact) mass is 314 g/mol. The normalized spacial score (nSPS) is 16.5. The zero-order valence-electron chi connectivity index (χ0n) is 12.7. The molecule has 4 heterocycles. The Morgan fingerprint density at radius 2 is 2.00 bits per heavy atom. The number of rotatable bonds is 2. The van der Waals surface area contributed by atoms with Gasteiger partial charge in [-0.3, -0.25) is 0 Å². The van der Waals surface area contributed by atoms with Crippen LogP contribution in [0.4, 0.5) is 5.95 Å². The van der Waals surface area contributed by atoms with Crippen LogP contribution in [-0.2, 0) is 0 Å². The standard InChI is InChI=1S/C15H18N6S/c1-11-17-14-13(12-3-8-22-10-12)9-16-15(21(14)18-11)20-6-4-19(2)5-7-20/h3,8-10H,4-7H2,1-2H3. The van der Waals surface area contributed by atoms with Gasteiger partial charge in [0.1, 0.15) is 5.82 Å². The third-order valence-electron chi connectivity index (χ3n) is 4.07. The number of thiophene rings is 1. The van der Waals surface area contributed by atoms with Gasteiger partial charge >= 0.3 is 0 Å². The fourth-order valence-electron chi connectivity index (χ4n) is 2.81. The SMILES string of the molecule is Cc1nc2c(-c3ccsc3)cnc(N3CCN(C)CC3)n2n1. The number of aryl methyl sites for hydroxylation is 1. The molecule has 6 nitrogen and oxygen atoms in total. The van der Waals surface area contributed by atoms with Crippen molar-refractivity contribution in [3.05, 3.63) is 28.8 Å². The lowest BCUT2D eigenvalue weighted by Gasteiger charge is -2.33. The van der Waals surface area contributed by atoms with Crippen molar-refractivity contribution >= 4 is 22.9 Å². The predicted molar refractivity (Wildman–Crippen MR) is 88.5 cm³/mol. The molecule has 0 spiro atoms. The minimum absolute atomic E-state index is 0.778. The van der Waals surface area contributed by atoms with E-state index >= 15 is 0 Å². The Hall–Kier alpha value is -1.99. The van der Waals surface area contributed by atoms with Gasteiger partial charge in [0.15, 0.2) is 5.65 Å². The van der Waals surface area contributed by atoms with Crippen molar-refractivity contribution in [2.75, 3.05) is 38.1 Å². The molecule has 22 heavy (non-hydrogen) atoms. The molecule has 1 saturated heterocycles. The summed E-state index contributed by atoms with van der Waals surface area (Å²) in [6.45, 7) is 5.95. The summed E-state index contributed by atoms with van der Waals surface area (Å²) in [5.41, 5.74) is 3.08. The van der Waals surface area contributed by atoms with Gasteiger partial charge in [-0.05, 0) is 36.4 Å². The van der Waals surface area contributed by atoms with Crippen LogP contribution >= 0.6 is 11.3 Å². The van der Waals surface area contributed by atoms with Crippen LogP contribution in [0, 0.1) is 6.92 Å². The topological polar surface area (TPSA) is 49.6 Å². The molecule has 0 aliphatic carbocycles. The molecule has 1 aliphatic rings. The number of anilines is 1. The van der Waals surface area contributed by atoms with Crippen LogP contribution < -0.4 is 4.90 Å². The Kier molecular flexibility index (Phi) is 3.31. The van der Waals surface area contributed by atoms with Gasteiger partial charge in [0.05, 0.1) is 0 Å². The number of piperazine rings is 1. The van der Waals surface area contributed by atoms with Crippen molar-refractivity contribution in [1.82, 2.24) is 24.5 Å². The van der Waals surface area contributed by atoms with E-state index in [2.05, 4.69) is 43.8 Å². The number of nitrogens with zero attached hydrogens (tertiary/aromatic N) is 6. The van der Waals surface area contributed by atoms with Crippen LogP contribution in [0.2, 0.25) is 0 Å². The number of hydrogen-bond donors (Lipinski definition) is 0. The van der Waals surface area contributed by atoms with Crippen LogP contribution in [0.15, 0.2) is 23.0 Å². The zero-order valence-corrected chi connectivity index (χ0v) is 13.5. The maximum atomic E-state index is 4.70. The third kappa shape index (κ3) is 2.26. The molecule has 114 valence electrons. The predicted octanol–water partition coefficient (Wildman–Crippen LogP) is 1.91. The first-order valence-corrected chi connectivity index (χ1v) is 8.35. The summed E-state index contributed by atoms with van der Waals surface area (Å²) in [4.78, 5) is 13.9. The first-order valence-electron chi connectivity index (χ1n) is 7.41. The van der Waals surface area contributed by atoms with E-state index in [4.69, 9.17) is 4.98 Å². The summed E-state index contributed by atoms with van der Waals surface area (Å²) in [5, 5.41) is 8.76. The van der Waals surface area contributed by atoms with Crippen LogP contribution in [0.3, 0.4) is 0 Å². The molecular weight excluding hydrogens is 296 g/mol. The molecule has 0 amide bonds. The van der Waals surface area contributed by atoms with Gasteiger partial charge in [0.2, 0.25) is 5.95 Å². The second-order valence-electron chi connectivity index (χ2n) is 5.67. The highest BCUT2D eigenvalue weighted by Crippen LogP contribution is 2.27. The molecule has 7 heteroatoms. The highest BCUT2D eigenvalue weighted by Gasteiger charge is 2.20. The summed E-state index contributed by atoms with van der Waals surface area (Å²) < 4.78 is 1.90. The molecule has 0 N–H and O–H groups in total. The lowest BCUT2D eigenvalue weighted by atomic mass is 10.2. The van der Waals surface area contributed by atoms with Gasteiger partial charge < -0.3 is 9.80 Å². The average molecular weight is 314 g/mol. The number of likely N-dealkylation sites (N-methyl/N-ethyl adjacent to an activating group) is 1. The second kappa shape index (κ2) is 5.33. The van der Waals surface area contributed by atoms with Crippen LogP contribution in [-0.4, -0.2) is 57.7 Å². The van der Waals surface area contributed by atoms with Crippen LogP contribution in [0.1, 0.15) is 5.82 Å². The third-order valence-corrected chi connectivity index (χ3v) is 4.75. The molecular formula is C15H18N6S. The van der Waals surface area contributed by atoms with Crippen molar-refractivity contribution in [3.8, 4) is 11.1 Å². The molecule has 0 atom stereocenters. The van der Waals surface area contributed by atoms with E-state index in [1.165, 1.54) is 0 Å². The van der Waals surface area contributed by atoms with Gasteiger partial charge in [-0.25, -0.2) is 9.97 Å². The molecule has 1 fully saturated rings. The maximum Gasteiger partial charge on any atom is 0.228 e. The Morgan fingerprint density at radius 3 is 2.73 bits per heavy atom. The van der Waals surface area contributed by atoms with E-state index in [0.29, 0.717) is 0 Å². The summed E-state index contributed by atoms with van der Waals surface area (Å²) in [7, 11) is 2.15. The Balaban J connectivity index is 1.82. The fraction of sp³-hybridized carbons (Fsp3) is 0.400. The van der Waals surface area contributed by atoms with Crippen molar-refractivity contribution in [1.29, 1.82) is 0 Å². The van der Waals surface area contributed by atoms with E-state index in [0.717, 1.165) is 54.7 Å². The van der Waals surface area contributed by atoms with Crippen molar-refractivity contribution in [2.45, 2.75) is 6.92 Å². The van der Waals surface area contributed by atoms with Gasteiger partial charge in [-0.15, -0.1) is 5.10 Å². The van der Waals surface area contributed by atoms with Gasteiger partial charge in [-0.2, -0.15) is 15.9 Å². The molecule has 0 saturated carbocycles. The summed E-state index contributed by atoms with van der Waals surface area (Å²) in [5.74, 6) is 1.67. The number of hydrogen-bond acceptors (Lipinski definition) is 6. The summed E-state index contributed by atoms with van der Waals surface area (Å²) in [6, 6.07) is 2.10. The van der Waals surface area contributed by atoms with Gasteiger partial charge in [-0.1, -0.05) is 0 Å². The fourth-order valence-corrected chi connectivity index (χ4v) is 3.46. The number of aromatic nitrogens is 4. The molecule has 1 aliphatic heterocycles. The van der Waals surface area contributed by atoms with Crippen molar-refractivity contribution < 1.29 is 0 Å². The van der Waals surface area contributed by atoms with E-state index < -0.39 is 0 Å². The highest BCUT2D eigenvalue weighted by atomic mass is 32.1. The van der Waals surface area contributed by atoms with Crippen LogP contribution in [0.5, 0.6) is 0 Å². The summed E-state index contributed by atoms with van der Waals surface area (Å²) >= 11 is 1.68. The second-order valence-corrected chi connectivity index (χ2v) is 6.45. The largest absolute Gasteiger partial charge is 0.338 e. The van der Waals surface area contributed by atoms with Crippen molar-refractivity contribution in [2.24, 2.45) is 0 Å². The molecule has 3 aromatic heterocycles. The first kappa shape index (κ1) is 13.7. The quantitative estimate of drug-likeness (QED) is 0.723. The molecule has 3 aromatic rings. The van der Waals surface area contributed by atoms with E-state index in [1.807, 2.05) is 17.6 Å². The molecule has 4 rings (SSSR count). The zero-order chi connectivity index (χ0) is 15.1. The minimum atomic E-state index is 0.778. The molecule has 0 aromatic carbocycles. The Labute approximate surface area is 133 Å². The maximum absolute atomic E-state index is 4.70. The smallest absolute Gasteiger partial charge is 0.228 e. The molecule has 0 bridgehead atoms. The minimum Gasteiger partial charge on any atom is -0.338 e. The van der Waals surface area contributed by atoms with E-state index in [-0.39, 0.29) is 0 Å². The van der Waals surface area contributed by atoms with Gasteiger partial charge in [0, 0.05) is 37.9 Å². The first-order chi connectivity index (χ1) is 10.7. The molecule has 0 radical (unpaired) electrons. The lowest BCUT2D eigenvalue weighted by molar-refractivity contribution is 0.310. The Bertz CT molecular complexity index is 786. The molecule has 0 unspecified atom stereocenters. The van der Waals surface area contributed by atoms with Crippen LogP contribution in [0.25, 0.3) is 16.8 Å². The Morgan fingerprint density at radius 1 is 1.18 bits per heavy atom. The average Bonchev–Trinajstić information content (AvgIpc) is 3.15. The van der Waals surface area contributed by atoms with E-state index in [9.17, 15) is 0 Å². The van der Waals surface area contributed by atoms with Crippen molar-refractivity contribution in [3.63, 3.8) is 0 Å². The lowest BCUT2D eigenvalue weighted by Crippen LogP contribution is -2.45. The summed E-state index contributed by atoms with van der Waals surface area (Å²) in [6.07, 6.45) is 1.93.